The molecule has 2 aliphatic heterocycles. The van der Waals surface area contributed by atoms with Crippen LogP contribution in [0.4, 0.5) is 0 Å². The number of halogens is 2. The topological polar surface area (TPSA) is 37.7 Å². The predicted molar refractivity (Wildman–Crippen MR) is 106 cm³/mol. The zero-order valence-corrected chi connectivity index (χ0v) is 15.7. The lowest BCUT2D eigenvalue weighted by molar-refractivity contribution is -0.0190. The van der Waals surface area contributed by atoms with Gasteiger partial charge in [0.15, 0.2) is 0 Å². The van der Waals surface area contributed by atoms with E-state index in [9.17, 15) is 0 Å². The van der Waals surface area contributed by atoms with E-state index < -0.39 is 0 Å². The van der Waals surface area contributed by atoms with Gasteiger partial charge >= 0.3 is 0 Å². The molecule has 0 spiro atoms. The molecule has 0 aliphatic carbocycles. The van der Waals surface area contributed by atoms with Gasteiger partial charge in [0.05, 0.1) is 16.8 Å². The Bertz CT molecular complexity index is 1040. The standard InChI is InChI=1S/C21H15Cl2N3O/c22-14-5-6-15(17(23)11-14)18-12-19-16-3-1-2-4-20(16)27-21(26(19)25-18)13-7-9-24-10-8-13/h1-11,19,21H,12H2/t19-,21+/m0/s1. The van der Waals surface area contributed by atoms with Crippen LogP contribution in [0.5, 0.6) is 5.75 Å². The van der Waals surface area contributed by atoms with Crippen molar-refractivity contribution >= 4 is 28.9 Å². The lowest BCUT2D eigenvalue weighted by atomic mass is 9.96. The van der Waals surface area contributed by atoms with Crippen molar-refractivity contribution < 1.29 is 4.74 Å². The molecule has 0 saturated heterocycles. The fourth-order valence-electron chi connectivity index (χ4n) is 3.67. The minimum absolute atomic E-state index is 0.0925. The highest BCUT2D eigenvalue weighted by Crippen LogP contribution is 2.47. The molecule has 0 radical (unpaired) electrons. The lowest BCUT2D eigenvalue weighted by Gasteiger charge is -2.38. The third kappa shape index (κ3) is 2.85. The molecule has 0 fully saturated rings. The van der Waals surface area contributed by atoms with Crippen molar-refractivity contribution in [2.45, 2.75) is 18.7 Å². The summed E-state index contributed by atoms with van der Waals surface area (Å²) in [6.07, 6.45) is 3.98. The predicted octanol–water partition coefficient (Wildman–Crippen LogP) is 5.63. The molecule has 0 saturated carbocycles. The van der Waals surface area contributed by atoms with E-state index in [1.165, 1.54) is 0 Å². The minimum Gasteiger partial charge on any atom is -0.464 e. The fraction of sp³-hybridized carbons (Fsp3) is 0.143. The van der Waals surface area contributed by atoms with Gasteiger partial charge < -0.3 is 4.74 Å². The fourth-order valence-corrected chi connectivity index (χ4v) is 4.19. The SMILES string of the molecule is Clc1ccc(C2=NN3[C@@H](c4ccncc4)Oc4ccccc4[C@@H]3C2)c(Cl)c1. The van der Waals surface area contributed by atoms with Gasteiger partial charge in [0, 0.05) is 40.5 Å². The van der Waals surface area contributed by atoms with Gasteiger partial charge in [-0.15, -0.1) is 0 Å². The number of ether oxygens (including phenoxy) is 1. The number of hydrogen-bond donors (Lipinski definition) is 0. The first kappa shape index (κ1) is 16.6. The van der Waals surface area contributed by atoms with Gasteiger partial charge in [-0.05, 0) is 30.3 Å². The normalized spacial score (nSPS) is 20.5. The van der Waals surface area contributed by atoms with Crippen LogP contribution in [0.25, 0.3) is 0 Å². The van der Waals surface area contributed by atoms with E-state index in [0.29, 0.717) is 10.0 Å². The van der Waals surface area contributed by atoms with Crippen LogP contribution in [0.1, 0.15) is 35.4 Å². The third-order valence-corrected chi connectivity index (χ3v) is 5.48. The molecular weight excluding hydrogens is 381 g/mol. The Labute approximate surface area is 167 Å². The summed E-state index contributed by atoms with van der Waals surface area (Å²) >= 11 is 12.5. The Kier molecular flexibility index (Phi) is 4.03. The van der Waals surface area contributed by atoms with Crippen LogP contribution in [0.15, 0.2) is 72.1 Å². The van der Waals surface area contributed by atoms with Crippen LogP contribution in [-0.2, 0) is 0 Å². The first-order valence-corrected chi connectivity index (χ1v) is 9.43. The Balaban J connectivity index is 1.61. The summed E-state index contributed by atoms with van der Waals surface area (Å²) in [7, 11) is 0. The second-order valence-electron chi connectivity index (χ2n) is 6.56. The van der Waals surface area contributed by atoms with Crippen LogP contribution in [0.2, 0.25) is 10.0 Å². The maximum absolute atomic E-state index is 6.44. The summed E-state index contributed by atoms with van der Waals surface area (Å²) in [4.78, 5) is 4.11. The number of fused-ring (bicyclic) bond motifs is 3. The summed E-state index contributed by atoms with van der Waals surface area (Å²) in [5.41, 5.74) is 3.98. The summed E-state index contributed by atoms with van der Waals surface area (Å²) in [5, 5.41) is 8.15. The molecule has 2 aliphatic rings. The quantitative estimate of drug-likeness (QED) is 0.563. The third-order valence-electron chi connectivity index (χ3n) is 4.93. The lowest BCUT2D eigenvalue weighted by Crippen LogP contribution is -2.33. The molecule has 0 amide bonds. The molecular formula is C21H15Cl2N3O. The van der Waals surface area contributed by atoms with E-state index in [1.807, 2.05) is 47.5 Å². The van der Waals surface area contributed by atoms with Crippen molar-refractivity contribution in [1.82, 2.24) is 9.99 Å². The summed E-state index contributed by atoms with van der Waals surface area (Å²) in [6.45, 7) is 0. The van der Waals surface area contributed by atoms with Gasteiger partial charge in [0.1, 0.15) is 5.75 Å². The van der Waals surface area contributed by atoms with E-state index in [2.05, 4.69) is 11.1 Å². The zero-order chi connectivity index (χ0) is 18.4. The molecule has 3 aromatic rings. The molecule has 0 N–H and O–H groups in total. The molecule has 0 bridgehead atoms. The van der Waals surface area contributed by atoms with Gasteiger partial charge in [-0.25, -0.2) is 5.01 Å². The minimum atomic E-state index is -0.309. The molecule has 1 aromatic heterocycles. The number of benzene rings is 2. The maximum atomic E-state index is 6.44. The van der Waals surface area contributed by atoms with Gasteiger partial charge in [-0.2, -0.15) is 5.10 Å². The second kappa shape index (κ2) is 6.55. The number of hydrogen-bond acceptors (Lipinski definition) is 4. The number of aromatic nitrogens is 1. The summed E-state index contributed by atoms with van der Waals surface area (Å²) < 4.78 is 6.30. The van der Waals surface area contributed by atoms with E-state index in [0.717, 1.165) is 34.6 Å². The van der Waals surface area contributed by atoms with Crippen LogP contribution in [-0.4, -0.2) is 15.7 Å². The van der Waals surface area contributed by atoms with Crippen molar-refractivity contribution in [3.05, 3.63) is 93.7 Å². The van der Waals surface area contributed by atoms with Crippen LogP contribution >= 0.6 is 23.2 Å². The zero-order valence-electron chi connectivity index (χ0n) is 14.2. The van der Waals surface area contributed by atoms with Crippen molar-refractivity contribution in [2.24, 2.45) is 5.10 Å². The highest BCUT2D eigenvalue weighted by atomic mass is 35.5. The highest BCUT2D eigenvalue weighted by Gasteiger charge is 2.41. The van der Waals surface area contributed by atoms with Crippen LogP contribution in [0.3, 0.4) is 0 Å². The van der Waals surface area contributed by atoms with E-state index in [-0.39, 0.29) is 12.3 Å². The number of rotatable bonds is 2. The Morgan fingerprint density at radius 1 is 1.00 bits per heavy atom. The van der Waals surface area contributed by atoms with Crippen molar-refractivity contribution in [1.29, 1.82) is 0 Å². The first-order valence-electron chi connectivity index (χ1n) is 8.67. The van der Waals surface area contributed by atoms with Crippen molar-refractivity contribution in [3.63, 3.8) is 0 Å². The largest absolute Gasteiger partial charge is 0.464 e. The number of nitrogens with zero attached hydrogens (tertiary/aromatic N) is 3. The first-order chi connectivity index (χ1) is 13.2. The Hall–Kier alpha value is -2.56. The number of hydrazone groups is 1. The Morgan fingerprint density at radius 3 is 2.63 bits per heavy atom. The summed E-state index contributed by atoms with van der Waals surface area (Å²) in [5.74, 6) is 0.888. The highest BCUT2D eigenvalue weighted by molar-refractivity contribution is 6.37. The molecule has 27 heavy (non-hydrogen) atoms. The van der Waals surface area contributed by atoms with Crippen LogP contribution in [0, 0.1) is 0 Å². The molecule has 5 rings (SSSR count). The Morgan fingerprint density at radius 2 is 1.81 bits per heavy atom. The van der Waals surface area contributed by atoms with Crippen LogP contribution < -0.4 is 4.74 Å². The molecule has 6 heteroatoms. The number of para-hydroxylation sites is 1. The van der Waals surface area contributed by atoms with E-state index >= 15 is 0 Å². The van der Waals surface area contributed by atoms with Gasteiger partial charge in [-0.1, -0.05) is 47.5 Å². The molecule has 3 heterocycles. The molecule has 2 aromatic carbocycles. The maximum Gasteiger partial charge on any atom is 0.213 e. The van der Waals surface area contributed by atoms with E-state index in [1.54, 1.807) is 18.5 Å². The molecule has 134 valence electrons. The molecule has 4 nitrogen and oxygen atoms in total. The van der Waals surface area contributed by atoms with Gasteiger partial charge in [-0.3, -0.25) is 4.98 Å². The molecule has 2 atom stereocenters. The average molecular weight is 396 g/mol. The second-order valence-corrected chi connectivity index (χ2v) is 7.40. The van der Waals surface area contributed by atoms with E-state index in [4.69, 9.17) is 33.0 Å². The van der Waals surface area contributed by atoms with Gasteiger partial charge in [0.25, 0.3) is 0 Å². The number of pyridine rings is 1. The smallest absolute Gasteiger partial charge is 0.213 e. The van der Waals surface area contributed by atoms with Crippen molar-refractivity contribution in [2.75, 3.05) is 0 Å². The molecule has 0 unspecified atom stereocenters. The van der Waals surface area contributed by atoms with Crippen molar-refractivity contribution in [3.8, 4) is 5.75 Å². The summed E-state index contributed by atoms with van der Waals surface area (Å²) in [6, 6.07) is 17.6. The average Bonchev–Trinajstić information content (AvgIpc) is 3.13. The van der Waals surface area contributed by atoms with Gasteiger partial charge in [0.2, 0.25) is 6.23 Å². The monoisotopic (exact) mass is 395 g/mol.